The highest BCUT2D eigenvalue weighted by Crippen LogP contribution is 2.34. The van der Waals surface area contributed by atoms with E-state index < -0.39 is 5.97 Å². The summed E-state index contributed by atoms with van der Waals surface area (Å²) in [7, 11) is 0. The van der Waals surface area contributed by atoms with Gasteiger partial charge in [0.05, 0.1) is 5.69 Å². The van der Waals surface area contributed by atoms with Crippen LogP contribution in [0.15, 0.2) is 0 Å². The van der Waals surface area contributed by atoms with Crippen molar-refractivity contribution in [3.8, 4) is 0 Å². The van der Waals surface area contributed by atoms with E-state index in [0.717, 1.165) is 17.8 Å². The molecule has 0 atom stereocenters. The van der Waals surface area contributed by atoms with Crippen LogP contribution in [-0.2, 0) is 13.1 Å². The molecule has 1 fully saturated rings. The summed E-state index contributed by atoms with van der Waals surface area (Å²) in [5.74, 6) is -0.395. The first-order valence-corrected chi connectivity index (χ1v) is 5.49. The zero-order chi connectivity index (χ0) is 11.3. The monoisotopic (exact) mass is 219 g/mol. The van der Waals surface area contributed by atoms with Crippen LogP contribution in [0.2, 0.25) is 0 Å². The van der Waals surface area contributed by atoms with Crippen LogP contribution in [-0.4, -0.2) is 32.0 Å². The van der Waals surface area contributed by atoms with Gasteiger partial charge in [0.15, 0.2) is 5.69 Å². The summed E-state index contributed by atoms with van der Waals surface area (Å²) in [5, 5.41) is 9.11. The minimum Gasteiger partial charge on any atom is -0.476 e. The number of rotatable bonds is 2. The number of aryl methyl sites for hydroxylation is 1. The van der Waals surface area contributed by atoms with Crippen LogP contribution in [0.1, 0.15) is 40.4 Å². The number of carboxylic acid groups (broad SMARTS) is 1. The first-order valence-electron chi connectivity index (χ1n) is 5.49. The minimum atomic E-state index is -0.945. The molecule has 84 valence electrons. The van der Waals surface area contributed by atoms with Gasteiger partial charge in [-0.2, -0.15) is 0 Å². The molecular formula is C11H13N3O2. The van der Waals surface area contributed by atoms with E-state index in [1.54, 1.807) is 6.92 Å². The fraction of sp³-hybridized carbons (Fsp3) is 0.545. The molecule has 0 saturated heterocycles. The zero-order valence-corrected chi connectivity index (χ0v) is 9.10. The fourth-order valence-electron chi connectivity index (χ4n) is 2.28. The average molecular weight is 219 g/mol. The largest absolute Gasteiger partial charge is 0.476 e. The molecule has 1 aromatic rings. The summed E-state index contributed by atoms with van der Waals surface area (Å²) in [6.07, 6.45) is 2.45. The number of nitrogens with zero attached hydrogens (tertiary/aromatic N) is 3. The Hall–Kier alpha value is -1.49. The lowest BCUT2D eigenvalue weighted by molar-refractivity contribution is 0.0688. The molecule has 16 heavy (non-hydrogen) atoms. The predicted molar refractivity (Wildman–Crippen MR) is 56.0 cm³/mol. The molecule has 5 nitrogen and oxygen atoms in total. The van der Waals surface area contributed by atoms with Crippen LogP contribution in [0.3, 0.4) is 0 Å². The second kappa shape index (κ2) is 3.25. The third-order valence-corrected chi connectivity index (χ3v) is 3.18. The van der Waals surface area contributed by atoms with Gasteiger partial charge in [-0.25, -0.2) is 14.8 Å². The van der Waals surface area contributed by atoms with Gasteiger partial charge in [0.1, 0.15) is 5.82 Å². The van der Waals surface area contributed by atoms with E-state index in [2.05, 4.69) is 14.9 Å². The summed E-state index contributed by atoms with van der Waals surface area (Å²) in [5.41, 5.74) is 1.90. The maximum absolute atomic E-state index is 11.1. The summed E-state index contributed by atoms with van der Waals surface area (Å²) in [6, 6.07) is 0.635. The van der Waals surface area contributed by atoms with Gasteiger partial charge in [0.25, 0.3) is 0 Å². The molecule has 1 N–H and O–H groups in total. The molecule has 5 heteroatoms. The van der Waals surface area contributed by atoms with E-state index in [1.165, 1.54) is 12.8 Å². The maximum atomic E-state index is 11.1. The number of aromatic carboxylic acids is 1. The Morgan fingerprint density at radius 1 is 1.38 bits per heavy atom. The van der Waals surface area contributed by atoms with Crippen molar-refractivity contribution in [2.24, 2.45) is 0 Å². The van der Waals surface area contributed by atoms with Crippen LogP contribution in [0.4, 0.5) is 0 Å². The summed E-state index contributed by atoms with van der Waals surface area (Å²) in [4.78, 5) is 21.8. The van der Waals surface area contributed by atoms with Crippen LogP contribution < -0.4 is 0 Å². The lowest BCUT2D eigenvalue weighted by Gasteiger charge is -2.11. The van der Waals surface area contributed by atoms with Crippen LogP contribution >= 0.6 is 0 Å². The normalized spacial score (nSPS) is 19.8. The van der Waals surface area contributed by atoms with Crippen molar-refractivity contribution in [3.63, 3.8) is 0 Å². The standard InChI is InChI=1S/C11H13N3O2/c1-6-12-9-5-14(7-2-3-7)4-8(9)10(13-6)11(15)16/h7H,2-5H2,1H3,(H,15,16). The predicted octanol–water partition coefficient (Wildman–Crippen LogP) is 0.961. The van der Waals surface area contributed by atoms with Crippen LogP contribution in [0.25, 0.3) is 0 Å². The molecule has 0 amide bonds. The number of hydrogen-bond donors (Lipinski definition) is 1. The molecule has 3 rings (SSSR count). The summed E-state index contributed by atoms with van der Waals surface area (Å²) < 4.78 is 0. The summed E-state index contributed by atoms with van der Waals surface area (Å²) >= 11 is 0. The van der Waals surface area contributed by atoms with Crippen LogP contribution in [0, 0.1) is 6.92 Å². The number of hydrogen-bond acceptors (Lipinski definition) is 4. The Morgan fingerprint density at radius 2 is 2.12 bits per heavy atom. The molecule has 2 heterocycles. The fourth-order valence-corrected chi connectivity index (χ4v) is 2.28. The van der Waals surface area contributed by atoms with Crippen molar-refractivity contribution in [2.75, 3.05) is 0 Å². The van der Waals surface area contributed by atoms with Crippen molar-refractivity contribution in [1.29, 1.82) is 0 Å². The van der Waals surface area contributed by atoms with Gasteiger partial charge < -0.3 is 5.11 Å². The van der Waals surface area contributed by atoms with E-state index in [4.69, 9.17) is 5.11 Å². The highest BCUT2D eigenvalue weighted by molar-refractivity contribution is 5.87. The average Bonchev–Trinajstić information content (AvgIpc) is 2.98. The second-order valence-electron chi connectivity index (χ2n) is 4.49. The first kappa shape index (κ1) is 9.72. The van der Waals surface area contributed by atoms with Crippen molar-refractivity contribution in [1.82, 2.24) is 14.9 Å². The van der Waals surface area contributed by atoms with E-state index in [-0.39, 0.29) is 5.69 Å². The third-order valence-electron chi connectivity index (χ3n) is 3.18. The van der Waals surface area contributed by atoms with E-state index >= 15 is 0 Å². The SMILES string of the molecule is Cc1nc2c(c(C(=O)O)n1)CN(C1CC1)C2. The molecule has 0 unspecified atom stereocenters. The quantitative estimate of drug-likeness (QED) is 0.802. The van der Waals surface area contributed by atoms with Gasteiger partial charge in [-0.3, -0.25) is 4.90 Å². The van der Waals surface area contributed by atoms with Gasteiger partial charge in [-0.1, -0.05) is 0 Å². The molecule has 0 radical (unpaired) electrons. The number of aromatic nitrogens is 2. The molecule has 1 aromatic heterocycles. The second-order valence-corrected chi connectivity index (χ2v) is 4.49. The molecule has 0 bridgehead atoms. The van der Waals surface area contributed by atoms with Crippen molar-refractivity contribution in [3.05, 3.63) is 22.8 Å². The van der Waals surface area contributed by atoms with Crippen molar-refractivity contribution < 1.29 is 9.90 Å². The van der Waals surface area contributed by atoms with Gasteiger partial charge in [-0.05, 0) is 19.8 Å². The van der Waals surface area contributed by atoms with Crippen molar-refractivity contribution >= 4 is 5.97 Å². The first-order chi connectivity index (χ1) is 7.65. The van der Waals surface area contributed by atoms with Gasteiger partial charge in [0, 0.05) is 24.7 Å². The highest BCUT2D eigenvalue weighted by atomic mass is 16.4. The smallest absolute Gasteiger partial charge is 0.354 e. The minimum absolute atomic E-state index is 0.186. The van der Waals surface area contributed by atoms with Gasteiger partial charge >= 0.3 is 5.97 Å². The number of carbonyl (C=O) groups is 1. The lowest BCUT2D eigenvalue weighted by Crippen LogP contribution is -2.18. The molecule has 2 aliphatic rings. The molecular weight excluding hydrogens is 206 g/mol. The molecule has 1 aliphatic carbocycles. The molecule has 0 spiro atoms. The Labute approximate surface area is 93.1 Å². The molecule has 1 aliphatic heterocycles. The van der Waals surface area contributed by atoms with Gasteiger partial charge in [-0.15, -0.1) is 0 Å². The van der Waals surface area contributed by atoms with E-state index in [9.17, 15) is 4.79 Å². The van der Waals surface area contributed by atoms with E-state index in [0.29, 0.717) is 18.4 Å². The number of fused-ring (bicyclic) bond motifs is 1. The Kier molecular flexibility index (Phi) is 1.97. The topological polar surface area (TPSA) is 66.3 Å². The van der Waals surface area contributed by atoms with Crippen molar-refractivity contribution in [2.45, 2.75) is 38.9 Å². The zero-order valence-electron chi connectivity index (χ0n) is 9.10. The number of carboxylic acids is 1. The van der Waals surface area contributed by atoms with Crippen LogP contribution in [0.5, 0.6) is 0 Å². The molecule has 1 saturated carbocycles. The molecule has 0 aromatic carbocycles. The Bertz CT molecular complexity index is 469. The third kappa shape index (κ3) is 1.48. The van der Waals surface area contributed by atoms with E-state index in [1.807, 2.05) is 0 Å². The highest BCUT2D eigenvalue weighted by Gasteiger charge is 2.36. The Balaban J connectivity index is 2.01. The Morgan fingerprint density at radius 3 is 2.75 bits per heavy atom. The van der Waals surface area contributed by atoms with Gasteiger partial charge in [0.2, 0.25) is 0 Å². The summed E-state index contributed by atoms with van der Waals surface area (Å²) in [6.45, 7) is 3.22. The lowest BCUT2D eigenvalue weighted by atomic mass is 10.2. The maximum Gasteiger partial charge on any atom is 0.354 e.